The van der Waals surface area contributed by atoms with Gasteiger partial charge in [0, 0.05) is 33.0 Å². The molecule has 1 unspecified atom stereocenters. The number of benzene rings is 8. The molecule has 0 radical (unpaired) electrons. The Morgan fingerprint density at radius 2 is 1.10 bits per heavy atom. The summed E-state index contributed by atoms with van der Waals surface area (Å²) in [6.07, 6.45) is -0.381. The number of hydrogen-bond acceptors (Lipinski definition) is 4. The first-order chi connectivity index (χ1) is 25.2. The second-order valence-corrected chi connectivity index (χ2v) is 13.0. The summed E-state index contributed by atoms with van der Waals surface area (Å²) in [5.74, 6) is 1.48. The van der Waals surface area contributed by atoms with Gasteiger partial charge >= 0.3 is 0 Å². The van der Waals surface area contributed by atoms with Gasteiger partial charge in [-0.3, -0.25) is 0 Å². The van der Waals surface area contributed by atoms with E-state index in [4.69, 9.17) is 14.4 Å². The van der Waals surface area contributed by atoms with Crippen LogP contribution in [0.4, 0.5) is 0 Å². The highest BCUT2D eigenvalue weighted by Crippen LogP contribution is 2.40. The summed E-state index contributed by atoms with van der Waals surface area (Å²) in [6.45, 7) is 0. The van der Waals surface area contributed by atoms with Crippen LogP contribution in [-0.2, 0) is 0 Å². The van der Waals surface area contributed by atoms with Crippen LogP contribution in [0.25, 0.3) is 65.7 Å². The molecule has 2 heterocycles. The van der Waals surface area contributed by atoms with Crippen LogP contribution < -0.4 is 5.32 Å². The van der Waals surface area contributed by atoms with Crippen molar-refractivity contribution < 1.29 is 4.42 Å². The second-order valence-electron chi connectivity index (χ2n) is 13.0. The number of para-hydroxylation sites is 1. The molecule has 1 aliphatic rings. The number of aliphatic imine (C=N–C) groups is 2. The molecule has 8 aromatic carbocycles. The van der Waals surface area contributed by atoms with Crippen molar-refractivity contribution in [1.82, 2.24) is 5.32 Å². The lowest BCUT2D eigenvalue weighted by Gasteiger charge is -2.24. The Hall–Kier alpha value is -6.78. The predicted molar refractivity (Wildman–Crippen MR) is 211 cm³/mol. The molecule has 1 N–H and O–H groups in total. The minimum atomic E-state index is -0.381. The van der Waals surface area contributed by atoms with Gasteiger partial charge < -0.3 is 9.73 Å². The fourth-order valence-electron chi connectivity index (χ4n) is 7.35. The first-order valence-electron chi connectivity index (χ1n) is 17.3. The molecule has 0 aliphatic carbocycles. The topological polar surface area (TPSA) is 49.9 Å². The summed E-state index contributed by atoms with van der Waals surface area (Å²) in [6, 6.07) is 61.7. The van der Waals surface area contributed by atoms with E-state index >= 15 is 0 Å². The Morgan fingerprint density at radius 1 is 0.471 bits per heavy atom. The quantitative estimate of drug-likeness (QED) is 0.201. The predicted octanol–water partition coefficient (Wildman–Crippen LogP) is 11.7. The Labute approximate surface area is 295 Å². The van der Waals surface area contributed by atoms with E-state index in [0.717, 1.165) is 55.6 Å². The summed E-state index contributed by atoms with van der Waals surface area (Å²) >= 11 is 0. The van der Waals surface area contributed by atoms with Crippen molar-refractivity contribution >= 4 is 55.2 Å². The van der Waals surface area contributed by atoms with Gasteiger partial charge in [-0.25, -0.2) is 9.98 Å². The molecule has 0 saturated carbocycles. The first kappa shape index (κ1) is 29.2. The number of furan rings is 1. The van der Waals surface area contributed by atoms with Gasteiger partial charge in [0.1, 0.15) is 23.2 Å². The molecule has 4 nitrogen and oxygen atoms in total. The molecule has 0 spiro atoms. The Kier molecular flexibility index (Phi) is 6.85. The number of amidine groups is 2. The maximum atomic E-state index is 6.70. The van der Waals surface area contributed by atoms with Gasteiger partial charge in [-0.2, -0.15) is 0 Å². The molecular formula is C47H31N3O. The molecule has 0 amide bonds. The van der Waals surface area contributed by atoms with Crippen molar-refractivity contribution in [1.29, 1.82) is 0 Å². The van der Waals surface area contributed by atoms with E-state index in [1.165, 1.54) is 32.7 Å². The molecule has 51 heavy (non-hydrogen) atoms. The average Bonchev–Trinajstić information content (AvgIpc) is 3.60. The fourth-order valence-corrected chi connectivity index (χ4v) is 7.35. The molecular weight excluding hydrogens is 623 g/mol. The molecule has 1 atom stereocenters. The van der Waals surface area contributed by atoms with Crippen molar-refractivity contribution in [3.8, 4) is 22.3 Å². The van der Waals surface area contributed by atoms with Crippen molar-refractivity contribution in [2.75, 3.05) is 0 Å². The molecule has 1 aromatic heterocycles. The maximum Gasteiger partial charge on any atom is 0.159 e. The molecule has 4 heteroatoms. The van der Waals surface area contributed by atoms with Gasteiger partial charge in [-0.15, -0.1) is 0 Å². The Morgan fingerprint density at radius 3 is 1.86 bits per heavy atom. The highest BCUT2D eigenvalue weighted by Gasteiger charge is 2.25. The summed E-state index contributed by atoms with van der Waals surface area (Å²) in [7, 11) is 0. The van der Waals surface area contributed by atoms with Crippen molar-refractivity contribution in [2.24, 2.45) is 9.98 Å². The van der Waals surface area contributed by atoms with Crippen LogP contribution in [0.15, 0.2) is 190 Å². The molecule has 10 rings (SSSR count). The third-order valence-corrected chi connectivity index (χ3v) is 9.93. The highest BCUT2D eigenvalue weighted by atomic mass is 16.3. The van der Waals surface area contributed by atoms with E-state index < -0.39 is 0 Å². The largest absolute Gasteiger partial charge is 0.455 e. The lowest BCUT2D eigenvalue weighted by Crippen LogP contribution is -2.33. The molecule has 240 valence electrons. The van der Waals surface area contributed by atoms with Gasteiger partial charge in [-0.05, 0) is 56.4 Å². The van der Waals surface area contributed by atoms with Crippen molar-refractivity contribution in [3.63, 3.8) is 0 Å². The average molecular weight is 654 g/mol. The van der Waals surface area contributed by atoms with Gasteiger partial charge in [0.2, 0.25) is 0 Å². The van der Waals surface area contributed by atoms with Crippen molar-refractivity contribution in [2.45, 2.75) is 6.17 Å². The van der Waals surface area contributed by atoms with Crippen LogP contribution in [0.2, 0.25) is 0 Å². The molecule has 0 saturated heterocycles. The van der Waals surface area contributed by atoms with Crippen LogP contribution in [0.3, 0.4) is 0 Å². The van der Waals surface area contributed by atoms with Gasteiger partial charge in [0.15, 0.2) is 5.84 Å². The van der Waals surface area contributed by atoms with E-state index in [9.17, 15) is 0 Å². The van der Waals surface area contributed by atoms with E-state index in [1.54, 1.807) is 0 Å². The van der Waals surface area contributed by atoms with E-state index in [-0.39, 0.29) is 6.17 Å². The monoisotopic (exact) mass is 653 g/mol. The van der Waals surface area contributed by atoms with Crippen LogP contribution >= 0.6 is 0 Å². The van der Waals surface area contributed by atoms with Gasteiger partial charge in [-0.1, -0.05) is 158 Å². The fraction of sp³-hybridized carbons (Fsp3) is 0.0213. The zero-order chi connectivity index (χ0) is 33.7. The Bertz CT molecular complexity index is 2830. The van der Waals surface area contributed by atoms with E-state index in [0.29, 0.717) is 5.84 Å². The summed E-state index contributed by atoms with van der Waals surface area (Å²) in [5, 5.41) is 10.7. The van der Waals surface area contributed by atoms with Crippen molar-refractivity contribution in [3.05, 3.63) is 193 Å². The van der Waals surface area contributed by atoms with Gasteiger partial charge in [0.05, 0.1) is 0 Å². The minimum absolute atomic E-state index is 0.381. The van der Waals surface area contributed by atoms with E-state index in [2.05, 4.69) is 163 Å². The number of fused-ring (bicyclic) bond motifs is 5. The Balaban J connectivity index is 1.06. The zero-order valence-corrected chi connectivity index (χ0v) is 27.6. The van der Waals surface area contributed by atoms with Crippen LogP contribution in [-0.4, -0.2) is 11.7 Å². The van der Waals surface area contributed by atoms with Crippen LogP contribution in [0.1, 0.15) is 22.9 Å². The maximum absolute atomic E-state index is 6.70. The smallest absolute Gasteiger partial charge is 0.159 e. The number of hydrogen-bond donors (Lipinski definition) is 1. The SMILES string of the molecule is c1ccc(C2=NC(c3cccc4oc5c(-c6ccc(-c7ccc8ccccc8c7)cc6)cccc5c34)NC(c3ccc4ccccc4c3)=N2)cc1. The summed E-state index contributed by atoms with van der Waals surface area (Å²) in [5.41, 5.74) is 9.27. The highest BCUT2D eigenvalue weighted by molar-refractivity contribution is 6.15. The molecule has 0 fully saturated rings. The normalized spacial score (nSPS) is 14.5. The summed E-state index contributed by atoms with van der Waals surface area (Å²) < 4.78 is 6.70. The molecule has 0 bridgehead atoms. The minimum Gasteiger partial charge on any atom is -0.455 e. The third kappa shape index (κ3) is 5.17. The van der Waals surface area contributed by atoms with Crippen LogP contribution in [0, 0.1) is 0 Å². The first-order valence-corrected chi connectivity index (χ1v) is 17.3. The number of rotatable bonds is 5. The third-order valence-electron chi connectivity index (χ3n) is 9.93. The number of nitrogens with one attached hydrogen (secondary N) is 1. The lowest BCUT2D eigenvalue weighted by atomic mass is 9.96. The zero-order valence-electron chi connectivity index (χ0n) is 27.6. The standard InChI is InChI=1S/C47H31N3O/c1-2-12-34(13-3-1)45-48-46(38-27-23-31-11-5-7-15-36(31)29-38)50-47(49-45)41-18-9-19-42-43(41)40-17-8-16-39(44(40)51-42)33-24-20-32(21-25-33)37-26-22-30-10-4-6-14-35(30)28-37/h1-29,47H,(H,48,49,50). The van der Waals surface area contributed by atoms with Gasteiger partial charge in [0.25, 0.3) is 0 Å². The second kappa shape index (κ2) is 12.0. The summed E-state index contributed by atoms with van der Waals surface area (Å²) in [4.78, 5) is 10.3. The molecule has 9 aromatic rings. The number of nitrogens with zero attached hydrogens (tertiary/aromatic N) is 2. The van der Waals surface area contributed by atoms with E-state index in [1.807, 2.05) is 18.2 Å². The molecule has 1 aliphatic heterocycles. The van der Waals surface area contributed by atoms with Crippen LogP contribution in [0.5, 0.6) is 0 Å². The lowest BCUT2D eigenvalue weighted by molar-refractivity contribution is 0.663.